The molecule has 2 aromatic rings. The number of aromatic nitrogens is 2. The molecular formula is C7H2N4O2S. The van der Waals surface area contributed by atoms with E-state index in [4.69, 9.17) is 5.26 Å². The third-order valence-electron chi connectivity index (χ3n) is 1.70. The molecule has 7 heteroatoms. The molecule has 2 rings (SSSR count). The molecule has 0 amide bonds. The first-order valence-corrected chi connectivity index (χ1v) is 4.31. The number of nitriles is 1. The first-order chi connectivity index (χ1) is 6.74. The number of benzene rings is 1. The van der Waals surface area contributed by atoms with E-state index in [2.05, 4.69) is 9.59 Å². The molecule has 68 valence electrons. The summed E-state index contributed by atoms with van der Waals surface area (Å²) in [7, 11) is 0. The van der Waals surface area contributed by atoms with Gasteiger partial charge in [0, 0.05) is 6.07 Å². The lowest BCUT2D eigenvalue weighted by Crippen LogP contribution is -1.89. The van der Waals surface area contributed by atoms with Crippen LogP contribution in [0.1, 0.15) is 5.56 Å². The highest BCUT2D eigenvalue weighted by Gasteiger charge is 2.17. The van der Waals surface area contributed by atoms with Crippen LogP contribution in [0, 0.1) is 21.4 Å². The summed E-state index contributed by atoms with van der Waals surface area (Å²) in [5, 5.41) is 23.0. The van der Waals surface area contributed by atoms with E-state index in [0.29, 0.717) is 15.8 Å². The van der Waals surface area contributed by atoms with Crippen LogP contribution >= 0.6 is 11.5 Å². The quantitative estimate of drug-likeness (QED) is 0.520. The largest absolute Gasteiger partial charge is 0.290 e. The maximum Gasteiger partial charge on any atom is 0.290 e. The SMILES string of the molecule is N#Cc1ccc([N+](=O)[O-])c2snnc12. The highest BCUT2D eigenvalue weighted by Crippen LogP contribution is 2.28. The Bertz CT molecular complexity index is 556. The van der Waals surface area contributed by atoms with E-state index < -0.39 is 4.92 Å². The second-order valence-electron chi connectivity index (χ2n) is 2.45. The number of fused-ring (bicyclic) bond motifs is 1. The second-order valence-corrected chi connectivity index (χ2v) is 3.21. The number of nitro groups is 1. The summed E-state index contributed by atoms with van der Waals surface area (Å²) in [6, 6.07) is 4.57. The second kappa shape index (κ2) is 3.01. The van der Waals surface area contributed by atoms with Crippen LogP contribution in [-0.2, 0) is 0 Å². The van der Waals surface area contributed by atoms with Gasteiger partial charge in [-0.1, -0.05) is 4.49 Å². The summed E-state index contributed by atoms with van der Waals surface area (Å²) in [4.78, 5) is 10.1. The van der Waals surface area contributed by atoms with E-state index in [1.165, 1.54) is 12.1 Å². The molecule has 1 aromatic carbocycles. The van der Waals surface area contributed by atoms with Crippen molar-refractivity contribution in [2.45, 2.75) is 0 Å². The van der Waals surface area contributed by atoms with Crippen LogP contribution < -0.4 is 0 Å². The zero-order valence-electron chi connectivity index (χ0n) is 6.67. The smallest absolute Gasteiger partial charge is 0.258 e. The molecule has 0 bridgehead atoms. The Hall–Kier alpha value is -2.07. The van der Waals surface area contributed by atoms with Crippen LogP contribution in [-0.4, -0.2) is 14.5 Å². The predicted molar refractivity (Wildman–Crippen MR) is 48.8 cm³/mol. The molecule has 0 saturated carbocycles. The summed E-state index contributed by atoms with van der Waals surface area (Å²) in [5.41, 5.74) is 0.542. The van der Waals surface area contributed by atoms with Crippen LogP contribution in [0.3, 0.4) is 0 Å². The molecule has 6 nitrogen and oxygen atoms in total. The molecular weight excluding hydrogens is 204 g/mol. The van der Waals surface area contributed by atoms with E-state index in [-0.39, 0.29) is 5.69 Å². The van der Waals surface area contributed by atoms with Crippen molar-refractivity contribution in [1.29, 1.82) is 5.26 Å². The van der Waals surface area contributed by atoms with Gasteiger partial charge in [0.25, 0.3) is 5.69 Å². The van der Waals surface area contributed by atoms with Crippen LogP contribution in [0.25, 0.3) is 10.2 Å². The van der Waals surface area contributed by atoms with Crippen molar-refractivity contribution >= 4 is 27.4 Å². The molecule has 14 heavy (non-hydrogen) atoms. The molecule has 0 aliphatic rings. The van der Waals surface area contributed by atoms with E-state index in [9.17, 15) is 10.1 Å². The summed E-state index contributed by atoms with van der Waals surface area (Å²) >= 11 is 0.918. The Kier molecular flexibility index (Phi) is 1.83. The Balaban J connectivity index is 2.87. The van der Waals surface area contributed by atoms with Gasteiger partial charge in [-0.05, 0) is 17.6 Å². The highest BCUT2D eigenvalue weighted by atomic mass is 32.1. The van der Waals surface area contributed by atoms with Gasteiger partial charge in [-0.15, -0.1) is 5.10 Å². The molecule has 0 N–H and O–H groups in total. The van der Waals surface area contributed by atoms with Crippen LogP contribution in [0.5, 0.6) is 0 Å². The van der Waals surface area contributed by atoms with Crippen molar-refractivity contribution in [1.82, 2.24) is 9.59 Å². The lowest BCUT2D eigenvalue weighted by Gasteiger charge is -1.92. The van der Waals surface area contributed by atoms with E-state index in [1.54, 1.807) is 0 Å². The topological polar surface area (TPSA) is 92.7 Å². The average Bonchev–Trinajstić information content (AvgIpc) is 2.64. The van der Waals surface area contributed by atoms with Crippen molar-refractivity contribution in [3.8, 4) is 6.07 Å². The van der Waals surface area contributed by atoms with Crippen molar-refractivity contribution in [3.63, 3.8) is 0 Å². The van der Waals surface area contributed by atoms with Gasteiger partial charge in [-0.2, -0.15) is 5.26 Å². The predicted octanol–water partition coefficient (Wildman–Crippen LogP) is 1.47. The minimum absolute atomic E-state index is 0.0611. The monoisotopic (exact) mass is 206 g/mol. The average molecular weight is 206 g/mol. The summed E-state index contributed by atoms with van der Waals surface area (Å²) in [6.45, 7) is 0. The van der Waals surface area contributed by atoms with Crippen LogP contribution in [0.4, 0.5) is 5.69 Å². The Morgan fingerprint density at radius 2 is 2.36 bits per heavy atom. The fourth-order valence-corrected chi connectivity index (χ4v) is 1.76. The van der Waals surface area contributed by atoms with Crippen molar-refractivity contribution in [3.05, 3.63) is 27.8 Å². The number of rotatable bonds is 1. The van der Waals surface area contributed by atoms with Crippen molar-refractivity contribution in [2.75, 3.05) is 0 Å². The van der Waals surface area contributed by atoms with Gasteiger partial charge in [0.15, 0.2) is 4.70 Å². The minimum atomic E-state index is -0.511. The maximum absolute atomic E-state index is 10.6. The van der Waals surface area contributed by atoms with Gasteiger partial charge in [-0.25, -0.2) is 0 Å². The zero-order valence-corrected chi connectivity index (χ0v) is 7.48. The molecule has 0 fully saturated rings. The fraction of sp³-hybridized carbons (Fsp3) is 0. The third-order valence-corrected chi connectivity index (χ3v) is 2.45. The molecule has 0 aliphatic carbocycles. The first kappa shape index (κ1) is 8.52. The number of hydrogen-bond donors (Lipinski definition) is 0. The molecule has 0 atom stereocenters. The first-order valence-electron chi connectivity index (χ1n) is 3.53. The van der Waals surface area contributed by atoms with Gasteiger partial charge in [-0.3, -0.25) is 10.1 Å². The molecule has 0 spiro atoms. The maximum atomic E-state index is 10.6. The van der Waals surface area contributed by atoms with Crippen LogP contribution in [0.15, 0.2) is 12.1 Å². The van der Waals surface area contributed by atoms with Gasteiger partial charge < -0.3 is 0 Å². The molecule has 0 radical (unpaired) electrons. The zero-order chi connectivity index (χ0) is 10.1. The standard InChI is InChI=1S/C7H2N4O2S/c8-3-4-1-2-5(11(12)13)7-6(4)9-10-14-7/h1-2H. The fourth-order valence-electron chi connectivity index (χ4n) is 1.09. The van der Waals surface area contributed by atoms with Gasteiger partial charge in [0.1, 0.15) is 11.6 Å². The van der Waals surface area contributed by atoms with E-state index in [0.717, 1.165) is 11.5 Å². The Labute approximate surface area is 81.7 Å². The third kappa shape index (κ3) is 1.09. The molecule has 0 unspecified atom stereocenters. The van der Waals surface area contributed by atoms with Gasteiger partial charge >= 0.3 is 0 Å². The molecule has 1 aromatic heterocycles. The number of nitro benzene ring substituents is 1. The van der Waals surface area contributed by atoms with Gasteiger partial charge in [0.05, 0.1) is 10.5 Å². The highest BCUT2D eigenvalue weighted by molar-refractivity contribution is 7.13. The Morgan fingerprint density at radius 1 is 1.57 bits per heavy atom. The lowest BCUT2D eigenvalue weighted by atomic mass is 10.2. The van der Waals surface area contributed by atoms with E-state index >= 15 is 0 Å². The van der Waals surface area contributed by atoms with Gasteiger partial charge in [0.2, 0.25) is 0 Å². The van der Waals surface area contributed by atoms with E-state index in [1.807, 2.05) is 6.07 Å². The summed E-state index contributed by atoms with van der Waals surface area (Å²) in [5.74, 6) is 0. The number of nitrogens with zero attached hydrogens (tertiary/aromatic N) is 4. The van der Waals surface area contributed by atoms with Crippen LogP contribution in [0.2, 0.25) is 0 Å². The molecule has 0 aliphatic heterocycles. The molecule has 0 saturated heterocycles. The Morgan fingerprint density at radius 3 is 3.00 bits per heavy atom. The normalized spacial score (nSPS) is 9.93. The molecule has 1 heterocycles. The minimum Gasteiger partial charge on any atom is -0.258 e. The van der Waals surface area contributed by atoms with Crippen molar-refractivity contribution in [2.24, 2.45) is 0 Å². The van der Waals surface area contributed by atoms with Crippen molar-refractivity contribution < 1.29 is 4.92 Å². The summed E-state index contributed by atoms with van der Waals surface area (Å²) < 4.78 is 3.93. The number of hydrogen-bond acceptors (Lipinski definition) is 6. The lowest BCUT2D eigenvalue weighted by molar-refractivity contribution is -0.382. The number of non-ortho nitro benzene ring substituents is 1. The summed E-state index contributed by atoms with van der Waals surface area (Å²) in [6.07, 6.45) is 0.